The summed E-state index contributed by atoms with van der Waals surface area (Å²) in [6.07, 6.45) is 6.67. The summed E-state index contributed by atoms with van der Waals surface area (Å²) in [5.41, 5.74) is 1.99. The number of nitrogens with zero attached hydrogens (tertiary/aromatic N) is 3. The van der Waals surface area contributed by atoms with Crippen LogP contribution >= 0.6 is 0 Å². The summed E-state index contributed by atoms with van der Waals surface area (Å²) in [6, 6.07) is 8.68. The number of halogens is 2. The van der Waals surface area contributed by atoms with Gasteiger partial charge in [-0.25, -0.2) is 15.0 Å². The Morgan fingerprint density at radius 2 is 2.00 bits per heavy atom. The molecule has 0 bridgehead atoms. The molecule has 0 fully saturated rings. The normalized spacial score (nSPS) is 12.4. The van der Waals surface area contributed by atoms with Crippen LogP contribution < -0.4 is 10.1 Å². The zero-order valence-electron chi connectivity index (χ0n) is 20.5. The number of ether oxygens (including phenoxy) is 1. The molecule has 0 saturated heterocycles. The van der Waals surface area contributed by atoms with E-state index in [0.29, 0.717) is 55.6 Å². The Labute approximate surface area is 211 Å². The lowest BCUT2D eigenvalue weighted by Gasteiger charge is -2.19. The number of amides is 1. The van der Waals surface area contributed by atoms with Gasteiger partial charge in [0.1, 0.15) is 12.1 Å². The summed E-state index contributed by atoms with van der Waals surface area (Å²) >= 11 is 0. The number of carbonyl (C=O) groups excluding carboxylic acids is 2. The van der Waals surface area contributed by atoms with Crippen LogP contribution in [0.4, 0.5) is 8.78 Å². The summed E-state index contributed by atoms with van der Waals surface area (Å²) in [4.78, 5) is 40.0. The van der Waals surface area contributed by atoms with Gasteiger partial charge in [0, 0.05) is 18.7 Å². The van der Waals surface area contributed by atoms with E-state index in [1.54, 1.807) is 6.20 Å². The fourth-order valence-electron chi connectivity index (χ4n) is 3.94. The van der Waals surface area contributed by atoms with E-state index < -0.39 is 17.9 Å². The minimum absolute atomic E-state index is 0.0667. The lowest BCUT2D eigenvalue weighted by atomic mass is 10.0. The molecule has 0 radical (unpaired) electrons. The molecule has 37 heavy (non-hydrogen) atoms. The van der Waals surface area contributed by atoms with Gasteiger partial charge in [-0.3, -0.25) is 9.59 Å². The topological polar surface area (TPSA) is 123 Å². The molecule has 1 aromatic carbocycles. The van der Waals surface area contributed by atoms with Crippen LogP contribution in [0.25, 0.3) is 22.2 Å². The number of aromatic amines is 1. The summed E-state index contributed by atoms with van der Waals surface area (Å²) in [6.45, 7) is 0.548. The fraction of sp³-hybridized carbons (Fsp3) is 0.346. The molecule has 4 aromatic rings. The number of hydrogen-bond acceptors (Lipinski definition) is 7. The monoisotopic (exact) mass is 511 g/mol. The Balaban J connectivity index is 1.48. The number of benzene rings is 1. The number of alkyl halides is 2. The van der Waals surface area contributed by atoms with Crippen molar-refractivity contribution < 1.29 is 27.5 Å². The van der Waals surface area contributed by atoms with Crippen LogP contribution in [0.3, 0.4) is 0 Å². The van der Waals surface area contributed by atoms with E-state index in [1.807, 2.05) is 30.3 Å². The number of hydrogen-bond donors (Lipinski definition) is 2. The summed E-state index contributed by atoms with van der Waals surface area (Å²) < 4.78 is 37.8. The SMILES string of the molecule is COc1nc2ccccc2cc1-c1cnc(C(CCCCCC(=O)c2ncco2)NC(=O)C(C)(F)F)[nH]1. The van der Waals surface area contributed by atoms with Crippen LogP contribution in [-0.2, 0) is 4.79 Å². The van der Waals surface area contributed by atoms with Crippen LogP contribution in [0.2, 0.25) is 0 Å². The highest BCUT2D eigenvalue weighted by Crippen LogP contribution is 2.32. The number of H-pyrrole nitrogens is 1. The van der Waals surface area contributed by atoms with Gasteiger partial charge in [0.05, 0.1) is 42.3 Å². The first kappa shape index (κ1) is 25.9. The standard InChI is InChI=1S/C26H27F2N5O4/c1-26(27,28)25(35)33-19(10-4-3-5-11-21(34)24-29-12-13-37-24)22-30-15-20(31-22)17-14-16-8-6-7-9-18(16)32-23(17)36-2/h6-9,12-15,19H,3-5,10-11H2,1-2H3,(H,30,31)(H,33,35). The number of methoxy groups -OCH3 is 1. The molecular formula is C26H27F2N5O4. The molecule has 0 spiro atoms. The Hall–Kier alpha value is -4.15. The van der Waals surface area contributed by atoms with Crippen molar-refractivity contribution in [3.8, 4) is 17.1 Å². The van der Waals surface area contributed by atoms with Crippen molar-refractivity contribution in [2.45, 2.75) is 51.0 Å². The number of imidazole rings is 1. The number of carbonyl (C=O) groups is 2. The Kier molecular flexibility index (Phi) is 7.90. The molecule has 4 rings (SSSR count). The van der Waals surface area contributed by atoms with Gasteiger partial charge in [-0.1, -0.05) is 31.0 Å². The highest BCUT2D eigenvalue weighted by atomic mass is 19.3. The quantitative estimate of drug-likeness (QED) is 0.196. The lowest BCUT2D eigenvalue weighted by molar-refractivity contribution is -0.144. The maximum Gasteiger partial charge on any atom is 0.321 e. The number of pyridine rings is 1. The Morgan fingerprint density at radius 1 is 1.19 bits per heavy atom. The fourth-order valence-corrected chi connectivity index (χ4v) is 3.94. The Morgan fingerprint density at radius 3 is 2.73 bits per heavy atom. The summed E-state index contributed by atoms with van der Waals surface area (Å²) in [5.74, 6) is -4.35. The predicted molar refractivity (Wildman–Crippen MR) is 131 cm³/mol. The van der Waals surface area contributed by atoms with Crippen molar-refractivity contribution in [1.29, 1.82) is 0 Å². The molecule has 194 valence electrons. The molecule has 1 unspecified atom stereocenters. The highest BCUT2D eigenvalue weighted by molar-refractivity contribution is 5.91. The number of oxazole rings is 1. The molecule has 1 atom stereocenters. The van der Waals surface area contributed by atoms with E-state index >= 15 is 0 Å². The largest absolute Gasteiger partial charge is 0.480 e. The number of para-hydroxylation sites is 1. The van der Waals surface area contributed by atoms with Crippen molar-refractivity contribution in [2.75, 3.05) is 7.11 Å². The van der Waals surface area contributed by atoms with Gasteiger partial charge in [-0.15, -0.1) is 0 Å². The number of rotatable bonds is 12. The van der Waals surface area contributed by atoms with Crippen LogP contribution in [0.15, 0.2) is 53.4 Å². The molecule has 0 saturated carbocycles. The first-order valence-corrected chi connectivity index (χ1v) is 11.9. The molecule has 3 heterocycles. The van der Waals surface area contributed by atoms with Crippen molar-refractivity contribution in [2.24, 2.45) is 0 Å². The van der Waals surface area contributed by atoms with E-state index in [-0.39, 0.29) is 18.1 Å². The minimum atomic E-state index is -3.54. The maximum absolute atomic E-state index is 13.7. The average molecular weight is 512 g/mol. The van der Waals surface area contributed by atoms with Gasteiger partial charge < -0.3 is 19.5 Å². The predicted octanol–water partition coefficient (Wildman–Crippen LogP) is 5.27. The smallest absolute Gasteiger partial charge is 0.321 e. The maximum atomic E-state index is 13.7. The van der Waals surface area contributed by atoms with E-state index in [1.165, 1.54) is 19.6 Å². The van der Waals surface area contributed by atoms with Crippen LogP contribution in [0, 0.1) is 0 Å². The van der Waals surface area contributed by atoms with Gasteiger partial charge in [0.15, 0.2) is 0 Å². The van der Waals surface area contributed by atoms with Gasteiger partial charge in [0.25, 0.3) is 11.8 Å². The first-order valence-electron chi connectivity index (χ1n) is 11.9. The number of ketones is 1. The van der Waals surface area contributed by atoms with Crippen molar-refractivity contribution in [3.05, 3.63) is 60.7 Å². The molecular weight excluding hydrogens is 484 g/mol. The van der Waals surface area contributed by atoms with E-state index in [9.17, 15) is 18.4 Å². The van der Waals surface area contributed by atoms with Crippen LogP contribution in [0.5, 0.6) is 5.88 Å². The third-order valence-electron chi connectivity index (χ3n) is 5.87. The van der Waals surface area contributed by atoms with Crippen molar-refractivity contribution in [3.63, 3.8) is 0 Å². The summed E-state index contributed by atoms with van der Waals surface area (Å²) in [5, 5.41) is 3.29. The van der Waals surface area contributed by atoms with Gasteiger partial charge in [-0.2, -0.15) is 8.78 Å². The van der Waals surface area contributed by atoms with E-state index in [2.05, 4.69) is 25.3 Å². The van der Waals surface area contributed by atoms with Crippen molar-refractivity contribution >= 4 is 22.6 Å². The van der Waals surface area contributed by atoms with Crippen LogP contribution in [0.1, 0.15) is 61.6 Å². The van der Waals surface area contributed by atoms with Gasteiger partial charge >= 0.3 is 5.92 Å². The number of nitrogens with one attached hydrogen (secondary N) is 2. The number of aromatic nitrogens is 4. The summed E-state index contributed by atoms with van der Waals surface area (Å²) in [7, 11) is 1.51. The molecule has 0 aliphatic carbocycles. The molecule has 9 nitrogen and oxygen atoms in total. The third-order valence-corrected chi connectivity index (χ3v) is 5.87. The number of Topliss-reactive ketones (excluding diaryl/α,β-unsaturated/α-hetero) is 1. The zero-order chi connectivity index (χ0) is 26.4. The second-order valence-corrected chi connectivity index (χ2v) is 8.69. The zero-order valence-corrected chi connectivity index (χ0v) is 20.5. The van der Waals surface area contributed by atoms with Crippen LogP contribution in [-0.4, -0.2) is 44.7 Å². The molecule has 11 heteroatoms. The third kappa shape index (κ3) is 6.35. The van der Waals surface area contributed by atoms with Gasteiger partial charge in [-0.05, 0) is 25.0 Å². The lowest BCUT2D eigenvalue weighted by Crippen LogP contribution is -2.40. The molecule has 1 amide bonds. The Bertz CT molecular complexity index is 1370. The molecule has 0 aliphatic heterocycles. The van der Waals surface area contributed by atoms with Crippen molar-refractivity contribution in [1.82, 2.24) is 25.3 Å². The highest BCUT2D eigenvalue weighted by Gasteiger charge is 2.34. The molecule has 0 aliphatic rings. The average Bonchev–Trinajstić information content (AvgIpc) is 3.59. The second kappa shape index (κ2) is 11.3. The number of fused-ring (bicyclic) bond motifs is 1. The minimum Gasteiger partial charge on any atom is -0.480 e. The molecule has 2 N–H and O–H groups in total. The second-order valence-electron chi connectivity index (χ2n) is 8.69. The molecule has 3 aromatic heterocycles. The van der Waals surface area contributed by atoms with Gasteiger partial charge in [0.2, 0.25) is 11.7 Å². The van der Waals surface area contributed by atoms with E-state index in [4.69, 9.17) is 9.15 Å². The van der Waals surface area contributed by atoms with E-state index in [0.717, 1.165) is 10.9 Å². The first-order chi connectivity index (χ1) is 17.8. The number of unbranched alkanes of at least 4 members (excludes halogenated alkanes) is 2.